The van der Waals surface area contributed by atoms with Crippen LogP contribution in [0.3, 0.4) is 0 Å². The fourth-order valence-electron chi connectivity index (χ4n) is 2.68. The monoisotopic (exact) mass is 435 g/mol. The second kappa shape index (κ2) is 10.4. The molecular weight excluding hydrogens is 413 g/mol. The summed E-state index contributed by atoms with van der Waals surface area (Å²) in [5.74, 6) is -0.730. The van der Waals surface area contributed by atoms with Crippen LogP contribution in [0.2, 0.25) is 0 Å². The molecule has 2 rings (SSSR count). The van der Waals surface area contributed by atoms with Gasteiger partial charge in [0.2, 0.25) is 15.9 Å². The van der Waals surface area contributed by atoms with E-state index in [1.807, 2.05) is 12.3 Å². The standard InChI is InChI=1S/C20H22FN3O3S2/c1-24(14-16-9-7-15(13-22)8-10-16)20(25)18(11-12-28-2)23-29(26,27)19-6-4-3-5-17(19)21/h3-10,18,23H,11-12,14H2,1-2H3. The minimum absolute atomic E-state index is 0.252. The van der Waals surface area contributed by atoms with Crippen LogP contribution in [-0.2, 0) is 21.4 Å². The summed E-state index contributed by atoms with van der Waals surface area (Å²) in [4.78, 5) is 13.8. The van der Waals surface area contributed by atoms with Crippen molar-refractivity contribution in [2.24, 2.45) is 0 Å². The third kappa shape index (κ3) is 6.29. The van der Waals surface area contributed by atoms with E-state index in [1.54, 1.807) is 31.3 Å². The van der Waals surface area contributed by atoms with Crippen molar-refractivity contribution in [2.45, 2.75) is 23.9 Å². The maximum absolute atomic E-state index is 14.0. The zero-order valence-electron chi connectivity index (χ0n) is 16.1. The topological polar surface area (TPSA) is 90.3 Å². The lowest BCUT2D eigenvalue weighted by Crippen LogP contribution is -2.47. The summed E-state index contributed by atoms with van der Waals surface area (Å²) in [6.45, 7) is 0.252. The largest absolute Gasteiger partial charge is 0.340 e. The van der Waals surface area contributed by atoms with Crippen LogP contribution in [0.1, 0.15) is 17.5 Å². The number of rotatable bonds is 9. The summed E-state index contributed by atoms with van der Waals surface area (Å²) >= 11 is 1.48. The number of nitrogens with zero attached hydrogens (tertiary/aromatic N) is 2. The number of nitriles is 1. The molecule has 0 aromatic heterocycles. The summed E-state index contributed by atoms with van der Waals surface area (Å²) in [6, 6.07) is 12.8. The molecule has 6 nitrogen and oxygen atoms in total. The van der Waals surface area contributed by atoms with Crippen molar-refractivity contribution in [1.29, 1.82) is 5.26 Å². The Morgan fingerprint density at radius 3 is 2.48 bits per heavy atom. The smallest absolute Gasteiger partial charge is 0.244 e. The van der Waals surface area contributed by atoms with Gasteiger partial charge < -0.3 is 4.90 Å². The number of carbonyl (C=O) groups excluding carboxylic acids is 1. The minimum atomic E-state index is -4.20. The molecule has 1 amide bonds. The molecule has 0 spiro atoms. The molecular formula is C20H22FN3O3S2. The third-order valence-electron chi connectivity index (χ3n) is 4.21. The van der Waals surface area contributed by atoms with E-state index in [9.17, 15) is 17.6 Å². The Hall–Kier alpha value is -2.41. The first kappa shape index (κ1) is 22.9. The minimum Gasteiger partial charge on any atom is -0.340 e. The average Bonchev–Trinajstić information content (AvgIpc) is 2.71. The summed E-state index contributed by atoms with van der Waals surface area (Å²) in [5, 5.41) is 8.87. The van der Waals surface area contributed by atoms with Crippen LogP contribution < -0.4 is 4.72 Å². The Morgan fingerprint density at radius 2 is 1.90 bits per heavy atom. The van der Waals surface area contributed by atoms with Crippen LogP contribution in [0.4, 0.5) is 4.39 Å². The highest BCUT2D eigenvalue weighted by Crippen LogP contribution is 2.16. The van der Waals surface area contributed by atoms with Gasteiger partial charge in [-0.25, -0.2) is 12.8 Å². The van der Waals surface area contributed by atoms with Crippen molar-refractivity contribution in [3.63, 3.8) is 0 Å². The van der Waals surface area contributed by atoms with E-state index in [0.717, 1.165) is 17.7 Å². The molecule has 0 aliphatic carbocycles. The number of amides is 1. The number of thioether (sulfide) groups is 1. The molecule has 0 aliphatic heterocycles. The first-order valence-corrected chi connectivity index (χ1v) is 11.7. The molecule has 0 saturated heterocycles. The molecule has 0 radical (unpaired) electrons. The van der Waals surface area contributed by atoms with Crippen molar-refractivity contribution < 1.29 is 17.6 Å². The normalized spacial score (nSPS) is 12.2. The SMILES string of the molecule is CSCCC(NS(=O)(=O)c1ccccc1F)C(=O)N(C)Cc1ccc(C#N)cc1. The van der Waals surface area contributed by atoms with Gasteiger partial charge in [-0.1, -0.05) is 24.3 Å². The van der Waals surface area contributed by atoms with Crippen LogP contribution >= 0.6 is 11.8 Å². The lowest BCUT2D eigenvalue weighted by Gasteiger charge is -2.24. The quantitative estimate of drug-likeness (QED) is 0.654. The molecule has 0 bridgehead atoms. The zero-order chi connectivity index (χ0) is 21.4. The highest BCUT2D eigenvalue weighted by molar-refractivity contribution is 7.98. The van der Waals surface area contributed by atoms with Gasteiger partial charge in [-0.2, -0.15) is 21.7 Å². The Labute approximate surface area is 174 Å². The van der Waals surface area contributed by atoms with Crippen LogP contribution in [0.15, 0.2) is 53.4 Å². The lowest BCUT2D eigenvalue weighted by molar-refractivity contribution is -0.132. The summed E-state index contributed by atoms with van der Waals surface area (Å²) < 4.78 is 41.6. The number of sulfonamides is 1. The molecule has 0 aliphatic rings. The van der Waals surface area contributed by atoms with Gasteiger partial charge in [0, 0.05) is 13.6 Å². The van der Waals surface area contributed by atoms with E-state index < -0.39 is 32.7 Å². The Balaban J connectivity index is 2.18. The molecule has 154 valence electrons. The van der Waals surface area contributed by atoms with Gasteiger partial charge in [0.15, 0.2) is 0 Å². The van der Waals surface area contributed by atoms with Crippen LogP contribution in [0, 0.1) is 17.1 Å². The molecule has 2 aromatic carbocycles. The van der Waals surface area contributed by atoms with Crippen LogP contribution in [0.25, 0.3) is 0 Å². The van der Waals surface area contributed by atoms with Gasteiger partial charge in [-0.3, -0.25) is 4.79 Å². The van der Waals surface area contributed by atoms with Gasteiger partial charge in [0.05, 0.1) is 11.6 Å². The average molecular weight is 436 g/mol. The van der Waals surface area contributed by atoms with E-state index in [2.05, 4.69) is 4.72 Å². The Bertz CT molecular complexity index is 989. The maximum atomic E-state index is 14.0. The fraction of sp³-hybridized carbons (Fsp3) is 0.300. The van der Waals surface area contributed by atoms with E-state index >= 15 is 0 Å². The second-order valence-corrected chi connectivity index (χ2v) is 9.06. The summed E-state index contributed by atoms with van der Waals surface area (Å²) in [5.41, 5.74) is 1.32. The van der Waals surface area contributed by atoms with Crippen molar-refractivity contribution >= 4 is 27.7 Å². The number of benzene rings is 2. The van der Waals surface area contributed by atoms with Crippen molar-refractivity contribution in [3.05, 3.63) is 65.5 Å². The van der Waals surface area contributed by atoms with Crippen LogP contribution in [-0.4, -0.2) is 44.3 Å². The lowest BCUT2D eigenvalue weighted by atomic mass is 10.1. The molecule has 9 heteroatoms. The number of nitrogens with one attached hydrogen (secondary N) is 1. The molecule has 1 atom stereocenters. The van der Waals surface area contributed by atoms with Crippen molar-refractivity contribution in [1.82, 2.24) is 9.62 Å². The number of hydrogen-bond donors (Lipinski definition) is 1. The van der Waals surface area contributed by atoms with E-state index in [4.69, 9.17) is 5.26 Å². The predicted molar refractivity (Wildman–Crippen MR) is 111 cm³/mol. The number of hydrogen-bond acceptors (Lipinski definition) is 5. The summed E-state index contributed by atoms with van der Waals surface area (Å²) in [7, 11) is -2.63. The van der Waals surface area contributed by atoms with Gasteiger partial charge in [-0.15, -0.1) is 0 Å². The first-order chi connectivity index (χ1) is 13.8. The molecule has 0 heterocycles. The van der Waals surface area contributed by atoms with Gasteiger partial charge in [-0.05, 0) is 48.3 Å². The number of halogens is 1. The second-order valence-electron chi connectivity index (χ2n) is 6.39. The first-order valence-electron chi connectivity index (χ1n) is 8.78. The highest BCUT2D eigenvalue weighted by atomic mass is 32.2. The van der Waals surface area contributed by atoms with E-state index in [-0.39, 0.29) is 13.0 Å². The third-order valence-corrected chi connectivity index (χ3v) is 6.36. The molecule has 2 aromatic rings. The van der Waals surface area contributed by atoms with Crippen molar-refractivity contribution in [2.75, 3.05) is 19.1 Å². The van der Waals surface area contributed by atoms with Crippen LogP contribution in [0.5, 0.6) is 0 Å². The molecule has 0 saturated carbocycles. The predicted octanol–water partition coefficient (Wildman–Crippen LogP) is 2.76. The Morgan fingerprint density at radius 1 is 1.24 bits per heavy atom. The van der Waals surface area contributed by atoms with E-state index in [0.29, 0.717) is 11.3 Å². The van der Waals surface area contributed by atoms with Gasteiger partial charge >= 0.3 is 0 Å². The highest BCUT2D eigenvalue weighted by Gasteiger charge is 2.29. The molecule has 1 N–H and O–H groups in total. The number of likely N-dealkylation sites (N-methyl/N-ethyl adjacent to an activating group) is 1. The number of carbonyl (C=O) groups is 1. The molecule has 1 unspecified atom stereocenters. The Kier molecular flexibility index (Phi) is 8.20. The molecule has 0 fully saturated rings. The van der Waals surface area contributed by atoms with Gasteiger partial charge in [0.1, 0.15) is 16.8 Å². The van der Waals surface area contributed by atoms with Gasteiger partial charge in [0.25, 0.3) is 0 Å². The van der Waals surface area contributed by atoms with E-state index in [1.165, 1.54) is 28.8 Å². The molecule has 29 heavy (non-hydrogen) atoms. The summed E-state index contributed by atoms with van der Waals surface area (Å²) in [6.07, 6.45) is 2.12. The maximum Gasteiger partial charge on any atom is 0.244 e. The fourth-order valence-corrected chi connectivity index (χ4v) is 4.46. The van der Waals surface area contributed by atoms with Crippen molar-refractivity contribution in [3.8, 4) is 6.07 Å². The zero-order valence-corrected chi connectivity index (χ0v) is 17.8.